The molecule has 1 aromatic carbocycles. The normalized spacial score (nSPS) is 18.8. The first-order valence-corrected chi connectivity index (χ1v) is 12.1. The van der Waals surface area contributed by atoms with Gasteiger partial charge in [-0.25, -0.2) is 15.0 Å². The molecule has 2 unspecified atom stereocenters. The minimum Gasteiger partial charge on any atom is -0.373 e. The maximum atomic E-state index is 13.0. The number of morpholine rings is 1. The standard InChI is InChI=1S/C26H24ClF3N6O/c1-15-12-36(13-16(2)37-15)14-22-34-21-10-17(23-20(27)4-3-9-31-23)11-32-24(21)25(35-22)33-19-7-5-18(6-8-19)26(28,29)30/h3-11,15-16H,12-14H2,1-2H3,(H,33,34,35). The Bertz CT molecular complexity index is 1410. The molecule has 1 aliphatic heterocycles. The molecule has 2 atom stereocenters. The molecular formula is C26H24ClF3N6O. The number of nitrogens with one attached hydrogen (secondary N) is 1. The second-order valence-corrected chi connectivity index (χ2v) is 9.47. The highest BCUT2D eigenvalue weighted by atomic mass is 35.5. The van der Waals surface area contributed by atoms with E-state index in [1.54, 1.807) is 24.5 Å². The molecule has 4 heterocycles. The van der Waals surface area contributed by atoms with E-state index >= 15 is 0 Å². The van der Waals surface area contributed by atoms with Gasteiger partial charge in [-0.3, -0.25) is 9.88 Å². The zero-order valence-corrected chi connectivity index (χ0v) is 20.9. The summed E-state index contributed by atoms with van der Waals surface area (Å²) in [6, 6.07) is 10.1. The van der Waals surface area contributed by atoms with E-state index < -0.39 is 11.7 Å². The van der Waals surface area contributed by atoms with Gasteiger partial charge in [-0.05, 0) is 56.3 Å². The summed E-state index contributed by atoms with van der Waals surface area (Å²) in [7, 11) is 0. The quantitative estimate of drug-likeness (QED) is 0.335. The minimum absolute atomic E-state index is 0.0773. The zero-order valence-electron chi connectivity index (χ0n) is 20.1. The molecule has 0 bridgehead atoms. The van der Waals surface area contributed by atoms with Crippen LogP contribution in [0.3, 0.4) is 0 Å². The molecule has 3 aromatic heterocycles. The van der Waals surface area contributed by atoms with Gasteiger partial charge in [0.2, 0.25) is 0 Å². The maximum absolute atomic E-state index is 13.0. The Balaban J connectivity index is 1.54. The molecule has 4 aromatic rings. The number of anilines is 2. The number of halogens is 4. The molecular weight excluding hydrogens is 505 g/mol. The summed E-state index contributed by atoms with van der Waals surface area (Å²) < 4.78 is 44.9. The van der Waals surface area contributed by atoms with Crippen LogP contribution >= 0.6 is 11.6 Å². The summed E-state index contributed by atoms with van der Waals surface area (Å²) in [5, 5.41) is 3.61. The first-order chi connectivity index (χ1) is 17.7. The van der Waals surface area contributed by atoms with E-state index in [1.165, 1.54) is 12.1 Å². The number of alkyl halides is 3. The second kappa shape index (κ2) is 10.2. The summed E-state index contributed by atoms with van der Waals surface area (Å²) in [4.78, 5) is 20.6. The Morgan fingerprint density at radius 3 is 2.46 bits per heavy atom. The monoisotopic (exact) mass is 528 g/mol. The predicted molar refractivity (Wildman–Crippen MR) is 136 cm³/mol. The molecule has 0 radical (unpaired) electrons. The molecule has 1 N–H and O–H groups in total. The SMILES string of the molecule is CC1CN(Cc2nc(Nc3ccc(C(F)(F)F)cc3)c3ncc(-c4ncccc4Cl)cc3n2)CC(C)O1. The summed E-state index contributed by atoms with van der Waals surface area (Å²) >= 11 is 6.35. The number of rotatable bonds is 5. The number of hydrogen-bond acceptors (Lipinski definition) is 7. The molecule has 37 heavy (non-hydrogen) atoms. The van der Waals surface area contributed by atoms with Gasteiger partial charge in [0.1, 0.15) is 11.3 Å². The summed E-state index contributed by atoms with van der Waals surface area (Å²) in [5.41, 5.74) is 2.03. The van der Waals surface area contributed by atoms with Crippen molar-refractivity contribution in [3.05, 3.63) is 71.3 Å². The number of pyridine rings is 2. The van der Waals surface area contributed by atoms with Crippen molar-refractivity contribution in [3.63, 3.8) is 0 Å². The van der Waals surface area contributed by atoms with E-state index in [1.807, 2.05) is 19.9 Å². The van der Waals surface area contributed by atoms with Gasteiger partial charge in [0.15, 0.2) is 5.82 Å². The fourth-order valence-corrected chi connectivity index (χ4v) is 4.68. The molecule has 5 rings (SSSR count). The number of aromatic nitrogens is 4. The Morgan fingerprint density at radius 1 is 1.05 bits per heavy atom. The highest BCUT2D eigenvalue weighted by molar-refractivity contribution is 6.33. The van der Waals surface area contributed by atoms with Crippen LogP contribution in [-0.2, 0) is 17.5 Å². The van der Waals surface area contributed by atoms with Gasteiger partial charge in [-0.2, -0.15) is 13.2 Å². The van der Waals surface area contributed by atoms with Crippen molar-refractivity contribution in [1.29, 1.82) is 0 Å². The Labute approximate surface area is 216 Å². The van der Waals surface area contributed by atoms with Crippen molar-refractivity contribution in [1.82, 2.24) is 24.8 Å². The lowest BCUT2D eigenvalue weighted by Gasteiger charge is -2.34. The third-order valence-corrected chi connectivity index (χ3v) is 6.25. The second-order valence-electron chi connectivity index (χ2n) is 9.07. The first kappa shape index (κ1) is 25.3. The molecule has 0 saturated carbocycles. The van der Waals surface area contributed by atoms with Crippen LogP contribution in [0, 0.1) is 0 Å². The number of benzene rings is 1. The molecule has 1 aliphatic rings. The topological polar surface area (TPSA) is 76.1 Å². The predicted octanol–water partition coefficient (Wildman–Crippen LogP) is 6.11. The number of hydrogen-bond donors (Lipinski definition) is 1. The molecule has 1 saturated heterocycles. The van der Waals surface area contributed by atoms with Crippen LogP contribution in [0.15, 0.2) is 54.9 Å². The maximum Gasteiger partial charge on any atom is 0.416 e. The Morgan fingerprint density at radius 2 is 1.78 bits per heavy atom. The van der Waals surface area contributed by atoms with Crippen LogP contribution in [0.4, 0.5) is 24.7 Å². The van der Waals surface area contributed by atoms with Crippen molar-refractivity contribution < 1.29 is 17.9 Å². The average molecular weight is 529 g/mol. The van der Waals surface area contributed by atoms with Crippen molar-refractivity contribution in [2.45, 2.75) is 38.8 Å². The lowest BCUT2D eigenvalue weighted by molar-refractivity contribution is -0.137. The number of nitrogens with zero attached hydrogens (tertiary/aromatic N) is 5. The smallest absolute Gasteiger partial charge is 0.373 e. The van der Waals surface area contributed by atoms with Gasteiger partial charge >= 0.3 is 6.18 Å². The van der Waals surface area contributed by atoms with E-state index in [0.717, 1.165) is 25.2 Å². The molecule has 1 fully saturated rings. The van der Waals surface area contributed by atoms with Crippen LogP contribution in [-0.4, -0.2) is 50.1 Å². The summed E-state index contributed by atoms with van der Waals surface area (Å²) in [5.74, 6) is 0.946. The number of ether oxygens (including phenoxy) is 1. The van der Waals surface area contributed by atoms with Gasteiger partial charge in [0.25, 0.3) is 0 Å². The average Bonchev–Trinajstić information content (AvgIpc) is 2.83. The molecule has 7 nitrogen and oxygen atoms in total. The molecule has 0 amide bonds. The van der Waals surface area contributed by atoms with Gasteiger partial charge in [0, 0.05) is 36.7 Å². The number of fused-ring (bicyclic) bond motifs is 1. The van der Waals surface area contributed by atoms with Crippen LogP contribution in [0.2, 0.25) is 5.02 Å². The molecule has 0 aliphatic carbocycles. The molecule has 0 spiro atoms. The lowest BCUT2D eigenvalue weighted by atomic mass is 10.1. The van der Waals surface area contributed by atoms with Crippen molar-refractivity contribution in [2.75, 3.05) is 18.4 Å². The van der Waals surface area contributed by atoms with Crippen molar-refractivity contribution in [3.8, 4) is 11.3 Å². The van der Waals surface area contributed by atoms with Gasteiger partial charge in [-0.15, -0.1) is 0 Å². The van der Waals surface area contributed by atoms with Gasteiger partial charge < -0.3 is 10.1 Å². The van der Waals surface area contributed by atoms with Crippen LogP contribution in [0.25, 0.3) is 22.3 Å². The highest BCUT2D eigenvalue weighted by Crippen LogP contribution is 2.32. The third kappa shape index (κ3) is 5.82. The van der Waals surface area contributed by atoms with E-state index in [4.69, 9.17) is 26.3 Å². The Hall–Kier alpha value is -3.34. The van der Waals surface area contributed by atoms with E-state index in [0.29, 0.717) is 51.2 Å². The molecule has 11 heteroatoms. The third-order valence-electron chi connectivity index (χ3n) is 5.95. The van der Waals surface area contributed by atoms with Crippen LogP contribution in [0.5, 0.6) is 0 Å². The lowest BCUT2D eigenvalue weighted by Crippen LogP contribution is -2.45. The van der Waals surface area contributed by atoms with E-state index in [2.05, 4.69) is 20.2 Å². The summed E-state index contributed by atoms with van der Waals surface area (Å²) in [6.07, 6.45) is -0.982. The highest BCUT2D eigenvalue weighted by Gasteiger charge is 2.30. The zero-order chi connectivity index (χ0) is 26.2. The van der Waals surface area contributed by atoms with Crippen LogP contribution < -0.4 is 5.32 Å². The van der Waals surface area contributed by atoms with Crippen molar-refractivity contribution in [2.24, 2.45) is 0 Å². The van der Waals surface area contributed by atoms with Gasteiger partial charge in [-0.1, -0.05) is 11.6 Å². The largest absolute Gasteiger partial charge is 0.416 e. The van der Waals surface area contributed by atoms with Gasteiger partial charge in [0.05, 0.1) is 40.5 Å². The van der Waals surface area contributed by atoms with E-state index in [-0.39, 0.29) is 12.2 Å². The molecule has 192 valence electrons. The minimum atomic E-state index is -4.41. The van der Waals surface area contributed by atoms with Crippen LogP contribution in [0.1, 0.15) is 25.2 Å². The first-order valence-electron chi connectivity index (χ1n) is 11.8. The fraction of sp³-hybridized carbons (Fsp3) is 0.308. The Kier molecular flexibility index (Phi) is 6.98. The fourth-order valence-electron chi connectivity index (χ4n) is 4.45. The van der Waals surface area contributed by atoms with Crippen molar-refractivity contribution >= 4 is 34.1 Å². The summed E-state index contributed by atoms with van der Waals surface area (Å²) in [6.45, 7) is 5.98. The van der Waals surface area contributed by atoms with E-state index in [9.17, 15) is 13.2 Å².